The number of hydrogen-bond donors (Lipinski definition) is 2. The first-order chi connectivity index (χ1) is 12.2. The molecule has 26 heavy (non-hydrogen) atoms. The summed E-state index contributed by atoms with van der Waals surface area (Å²) in [6.07, 6.45) is -0.740. The van der Waals surface area contributed by atoms with Crippen molar-refractivity contribution in [3.63, 3.8) is 0 Å². The molecule has 0 aromatic heterocycles. The Bertz CT molecular complexity index is 729. The molecule has 1 atom stereocenters. The molecule has 2 rings (SSSR count). The molecule has 1 unspecified atom stereocenters. The van der Waals surface area contributed by atoms with Crippen LogP contribution in [0.2, 0.25) is 0 Å². The molecular formula is C18H29N3O4S. The number of hydrogen-bond acceptors (Lipinski definition) is 5. The minimum atomic E-state index is -3.11. The number of benzene rings is 1. The number of aliphatic hydroxyl groups excluding tert-OH is 1. The van der Waals surface area contributed by atoms with Crippen LogP contribution in [0.3, 0.4) is 0 Å². The molecule has 0 saturated carbocycles. The monoisotopic (exact) mass is 383 g/mol. The highest BCUT2D eigenvalue weighted by Gasteiger charge is 2.40. The summed E-state index contributed by atoms with van der Waals surface area (Å²) in [4.78, 5) is 6.47. The first-order valence-corrected chi connectivity index (χ1v) is 10.4. The number of aliphatic hydroxyl groups is 1. The SMILES string of the molecule is CCNC(=NCC(O)c1ccc(OC)cc1)N1CCS(=O)(=O)C(C)(C)C1. The molecule has 1 heterocycles. The topological polar surface area (TPSA) is 91.2 Å². The summed E-state index contributed by atoms with van der Waals surface area (Å²) >= 11 is 0. The molecule has 1 aromatic rings. The fraction of sp³-hybridized carbons (Fsp3) is 0.611. The molecule has 1 aromatic carbocycles. The van der Waals surface area contributed by atoms with E-state index in [2.05, 4.69) is 10.3 Å². The van der Waals surface area contributed by atoms with Crippen LogP contribution < -0.4 is 10.1 Å². The maximum absolute atomic E-state index is 12.2. The number of sulfone groups is 1. The normalized spacial score (nSPS) is 20.5. The molecule has 0 radical (unpaired) electrons. The van der Waals surface area contributed by atoms with Gasteiger partial charge in [0.15, 0.2) is 15.8 Å². The van der Waals surface area contributed by atoms with Crippen molar-refractivity contribution in [2.75, 3.05) is 39.0 Å². The van der Waals surface area contributed by atoms with Crippen LogP contribution in [-0.2, 0) is 9.84 Å². The Morgan fingerprint density at radius 3 is 2.58 bits per heavy atom. The van der Waals surface area contributed by atoms with Crippen LogP contribution in [0.1, 0.15) is 32.4 Å². The van der Waals surface area contributed by atoms with Gasteiger partial charge in [-0.2, -0.15) is 0 Å². The molecular weight excluding hydrogens is 354 g/mol. The van der Waals surface area contributed by atoms with Gasteiger partial charge in [0.1, 0.15) is 5.75 Å². The van der Waals surface area contributed by atoms with E-state index < -0.39 is 20.7 Å². The molecule has 2 N–H and O–H groups in total. The van der Waals surface area contributed by atoms with Crippen LogP contribution >= 0.6 is 0 Å². The van der Waals surface area contributed by atoms with Crippen LogP contribution in [0, 0.1) is 0 Å². The van der Waals surface area contributed by atoms with Gasteiger partial charge >= 0.3 is 0 Å². The lowest BCUT2D eigenvalue weighted by Gasteiger charge is -2.39. The van der Waals surface area contributed by atoms with Crippen LogP contribution in [0.15, 0.2) is 29.3 Å². The minimum absolute atomic E-state index is 0.103. The molecule has 0 spiro atoms. The maximum Gasteiger partial charge on any atom is 0.194 e. The summed E-state index contributed by atoms with van der Waals surface area (Å²) in [5.41, 5.74) is 0.756. The number of guanidine groups is 1. The molecule has 0 amide bonds. The van der Waals surface area contributed by atoms with Crippen LogP contribution in [0.5, 0.6) is 5.75 Å². The Hall–Kier alpha value is -1.80. The second-order valence-corrected chi connectivity index (χ2v) is 9.73. The molecule has 0 aliphatic carbocycles. The number of ether oxygens (including phenoxy) is 1. The van der Waals surface area contributed by atoms with Crippen molar-refractivity contribution in [2.45, 2.75) is 31.6 Å². The van der Waals surface area contributed by atoms with Crippen LogP contribution in [0.25, 0.3) is 0 Å². The van der Waals surface area contributed by atoms with Gasteiger partial charge in [0.25, 0.3) is 0 Å². The predicted molar refractivity (Wildman–Crippen MR) is 103 cm³/mol. The van der Waals surface area contributed by atoms with Gasteiger partial charge in [-0.1, -0.05) is 12.1 Å². The molecule has 1 saturated heterocycles. The Kier molecular flexibility index (Phi) is 6.52. The quantitative estimate of drug-likeness (QED) is 0.587. The first kappa shape index (κ1) is 20.5. The first-order valence-electron chi connectivity index (χ1n) is 8.78. The van der Waals surface area contributed by atoms with E-state index in [9.17, 15) is 13.5 Å². The van der Waals surface area contributed by atoms with Crippen molar-refractivity contribution < 1.29 is 18.3 Å². The molecule has 8 heteroatoms. The van der Waals surface area contributed by atoms with E-state index in [1.54, 1.807) is 33.1 Å². The zero-order valence-electron chi connectivity index (χ0n) is 15.9. The minimum Gasteiger partial charge on any atom is -0.497 e. The molecule has 1 aliphatic rings. The standard InChI is InChI=1S/C18H29N3O4S/c1-5-19-17(21-10-11-26(23,24)18(2,3)13-21)20-12-16(22)14-6-8-15(25-4)9-7-14/h6-9,16,22H,5,10-13H2,1-4H3,(H,19,20). The van der Waals surface area contributed by atoms with E-state index in [1.807, 2.05) is 24.0 Å². The van der Waals surface area contributed by atoms with Gasteiger partial charge < -0.3 is 20.1 Å². The van der Waals surface area contributed by atoms with Crippen molar-refractivity contribution in [2.24, 2.45) is 4.99 Å². The second kappa shape index (κ2) is 8.26. The van der Waals surface area contributed by atoms with E-state index in [4.69, 9.17) is 4.74 Å². The molecule has 7 nitrogen and oxygen atoms in total. The molecule has 0 bridgehead atoms. The average Bonchev–Trinajstić information content (AvgIpc) is 2.61. The Morgan fingerprint density at radius 2 is 2.04 bits per heavy atom. The maximum atomic E-state index is 12.2. The molecule has 1 fully saturated rings. The highest BCUT2D eigenvalue weighted by molar-refractivity contribution is 7.92. The second-order valence-electron chi connectivity index (χ2n) is 6.98. The van der Waals surface area contributed by atoms with Crippen LogP contribution in [-0.4, -0.2) is 68.2 Å². The number of rotatable bonds is 5. The van der Waals surface area contributed by atoms with Gasteiger partial charge in [-0.05, 0) is 38.5 Å². The van der Waals surface area contributed by atoms with Gasteiger partial charge in [-0.3, -0.25) is 4.99 Å². The van der Waals surface area contributed by atoms with Crippen molar-refractivity contribution in [1.82, 2.24) is 10.2 Å². The molecule has 1 aliphatic heterocycles. The fourth-order valence-corrected chi connectivity index (χ4v) is 4.22. The van der Waals surface area contributed by atoms with Crippen molar-refractivity contribution >= 4 is 15.8 Å². The summed E-state index contributed by atoms with van der Waals surface area (Å²) in [5.74, 6) is 1.46. The Morgan fingerprint density at radius 1 is 1.38 bits per heavy atom. The van der Waals surface area contributed by atoms with Gasteiger partial charge in [0, 0.05) is 19.6 Å². The van der Waals surface area contributed by atoms with E-state index >= 15 is 0 Å². The smallest absolute Gasteiger partial charge is 0.194 e. The van der Waals surface area contributed by atoms with Crippen molar-refractivity contribution in [3.05, 3.63) is 29.8 Å². The third kappa shape index (κ3) is 4.67. The highest BCUT2D eigenvalue weighted by Crippen LogP contribution is 2.24. The van der Waals surface area contributed by atoms with Gasteiger partial charge in [-0.25, -0.2) is 8.42 Å². The third-order valence-corrected chi connectivity index (χ3v) is 7.13. The third-order valence-electron chi connectivity index (χ3n) is 4.59. The highest BCUT2D eigenvalue weighted by atomic mass is 32.2. The zero-order chi connectivity index (χ0) is 19.4. The lowest BCUT2D eigenvalue weighted by atomic mass is 10.1. The van der Waals surface area contributed by atoms with Crippen molar-refractivity contribution in [1.29, 1.82) is 0 Å². The summed E-state index contributed by atoms with van der Waals surface area (Å²) in [5, 5.41) is 13.6. The average molecular weight is 384 g/mol. The number of nitrogens with one attached hydrogen (secondary N) is 1. The number of aliphatic imine (C=N–C) groups is 1. The van der Waals surface area contributed by atoms with E-state index in [1.165, 1.54) is 0 Å². The number of methoxy groups -OCH3 is 1. The van der Waals surface area contributed by atoms with Gasteiger partial charge in [0.2, 0.25) is 0 Å². The Labute approximate surface area is 156 Å². The predicted octanol–water partition coefficient (Wildman–Crippen LogP) is 1.20. The van der Waals surface area contributed by atoms with Crippen molar-refractivity contribution in [3.8, 4) is 5.75 Å². The van der Waals surface area contributed by atoms with E-state index in [0.717, 1.165) is 11.3 Å². The fourth-order valence-electron chi connectivity index (χ4n) is 2.85. The van der Waals surface area contributed by atoms with Gasteiger partial charge in [-0.15, -0.1) is 0 Å². The largest absolute Gasteiger partial charge is 0.497 e. The van der Waals surface area contributed by atoms with Crippen LogP contribution in [0.4, 0.5) is 0 Å². The van der Waals surface area contributed by atoms with E-state index in [0.29, 0.717) is 25.6 Å². The Balaban J connectivity index is 2.10. The summed E-state index contributed by atoms with van der Waals surface area (Å²) < 4.78 is 28.7. The molecule has 146 valence electrons. The summed E-state index contributed by atoms with van der Waals surface area (Å²) in [6.45, 7) is 7.07. The number of nitrogens with zero attached hydrogens (tertiary/aromatic N) is 2. The lowest BCUT2D eigenvalue weighted by molar-refractivity contribution is 0.186. The van der Waals surface area contributed by atoms with E-state index in [-0.39, 0.29) is 12.3 Å². The summed E-state index contributed by atoms with van der Waals surface area (Å²) in [7, 11) is -1.51. The zero-order valence-corrected chi connectivity index (χ0v) is 16.7. The van der Waals surface area contributed by atoms with Gasteiger partial charge in [0.05, 0.1) is 30.3 Å². The summed E-state index contributed by atoms with van der Waals surface area (Å²) in [6, 6.07) is 7.21. The lowest BCUT2D eigenvalue weighted by Crippen LogP contribution is -2.57.